The number of halogens is 1. The Bertz CT molecular complexity index is 460. The van der Waals surface area contributed by atoms with Gasteiger partial charge < -0.3 is 16.0 Å². The van der Waals surface area contributed by atoms with Crippen molar-refractivity contribution in [3.63, 3.8) is 0 Å². The van der Waals surface area contributed by atoms with Crippen LogP contribution >= 0.6 is 11.6 Å². The maximum atomic E-state index is 12.3. The number of nitrogens with zero attached hydrogens (tertiary/aromatic N) is 1. The van der Waals surface area contributed by atoms with E-state index in [2.05, 4.69) is 19.2 Å². The van der Waals surface area contributed by atoms with E-state index < -0.39 is 0 Å². The van der Waals surface area contributed by atoms with E-state index in [4.69, 9.17) is 17.3 Å². The van der Waals surface area contributed by atoms with E-state index in [0.29, 0.717) is 17.5 Å². The van der Waals surface area contributed by atoms with E-state index in [1.807, 2.05) is 31.1 Å². The summed E-state index contributed by atoms with van der Waals surface area (Å²) in [5.74, 6) is 0.206. The van der Waals surface area contributed by atoms with Gasteiger partial charge in [0.15, 0.2) is 0 Å². The number of benzene rings is 1. The molecule has 0 aliphatic carbocycles. The lowest BCUT2D eigenvalue weighted by Crippen LogP contribution is -2.31. The van der Waals surface area contributed by atoms with Gasteiger partial charge in [-0.3, -0.25) is 4.79 Å². The van der Waals surface area contributed by atoms with Crippen molar-refractivity contribution in [2.75, 3.05) is 30.9 Å². The zero-order chi connectivity index (χ0) is 15.3. The number of hydrogen-bond donors (Lipinski definition) is 2. The first kappa shape index (κ1) is 16.8. The quantitative estimate of drug-likeness (QED) is 0.849. The van der Waals surface area contributed by atoms with Crippen LogP contribution in [0.2, 0.25) is 5.02 Å². The SMILES string of the molecule is CC(C)CC(CN)C(=O)Nc1cccc(Cl)c1N(C)C. The molecule has 0 saturated heterocycles. The molecule has 0 spiro atoms. The topological polar surface area (TPSA) is 58.4 Å². The molecule has 0 aliphatic rings. The van der Waals surface area contributed by atoms with Crippen LogP contribution in [-0.4, -0.2) is 26.5 Å². The number of rotatable bonds is 6. The van der Waals surface area contributed by atoms with Crippen molar-refractivity contribution < 1.29 is 4.79 Å². The molecule has 1 aromatic rings. The maximum Gasteiger partial charge on any atom is 0.228 e. The lowest BCUT2D eigenvalue weighted by atomic mass is 9.96. The molecule has 0 bridgehead atoms. The van der Waals surface area contributed by atoms with Crippen LogP contribution in [0.25, 0.3) is 0 Å². The summed E-state index contributed by atoms with van der Waals surface area (Å²) in [7, 11) is 3.79. The lowest BCUT2D eigenvalue weighted by Gasteiger charge is -2.22. The highest BCUT2D eigenvalue weighted by Gasteiger charge is 2.20. The molecule has 112 valence electrons. The van der Waals surface area contributed by atoms with E-state index >= 15 is 0 Å². The number of carbonyl (C=O) groups is 1. The van der Waals surface area contributed by atoms with Crippen molar-refractivity contribution in [2.24, 2.45) is 17.6 Å². The van der Waals surface area contributed by atoms with Gasteiger partial charge in [-0.1, -0.05) is 31.5 Å². The standard InChI is InChI=1S/C15H24ClN3O/c1-10(2)8-11(9-17)15(20)18-13-7-5-6-12(16)14(13)19(3)4/h5-7,10-11H,8-9,17H2,1-4H3,(H,18,20). The summed E-state index contributed by atoms with van der Waals surface area (Å²) in [6.45, 7) is 4.52. The van der Waals surface area contributed by atoms with Crippen molar-refractivity contribution >= 4 is 28.9 Å². The third-order valence-electron chi connectivity index (χ3n) is 3.10. The third kappa shape index (κ3) is 4.39. The predicted molar refractivity (Wildman–Crippen MR) is 86.4 cm³/mol. The Kier molecular flexibility index (Phi) is 6.30. The molecule has 20 heavy (non-hydrogen) atoms. The van der Waals surface area contributed by atoms with Gasteiger partial charge in [0, 0.05) is 20.6 Å². The molecule has 3 N–H and O–H groups in total. The van der Waals surface area contributed by atoms with Gasteiger partial charge in [-0.25, -0.2) is 0 Å². The number of para-hydroxylation sites is 1. The van der Waals surface area contributed by atoms with Crippen LogP contribution in [0.1, 0.15) is 20.3 Å². The fraction of sp³-hybridized carbons (Fsp3) is 0.533. The summed E-state index contributed by atoms with van der Waals surface area (Å²) in [5, 5.41) is 3.56. The van der Waals surface area contributed by atoms with Gasteiger partial charge in [0.25, 0.3) is 0 Å². The van der Waals surface area contributed by atoms with Gasteiger partial charge in [-0.2, -0.15) is 0 Å². The van der Waals surface area contributed by atoms with Gasteiger partial charge in [0.05, 0.1) is 22.3 Å². The normalized spacial score (nSPS) is 12.3. The average molecular weight is 298 g/mol. The Labute approximate surface area is 126 Å². The average Bonchev–Trinajstić information content (AvgIpc) is 2.35. The number of nitrogens with two attached hydrogens (primary N) is 1. The zero-order valence-corrected chi connectivity index (χ0v) is 13.4. The fourth-order valence-corrected chi connectivity index (χ4v) is 2.53. The van der Waals surface area contributed by atoms with Crippen LogP contribution < -0.4 is 16.0 Å². The summed E-state index contributed by atoms with van der Waals surface area (Å²) < 4.78 is 0. The molecule has 1 unspecified atom stereocenters. The Morgan fingerprint density at radius 2 is 2.05 bits per heavy atom. The Balaban J connectivity index is 2.92. The molecule has 1 amide bonds. The van der Waals surface area contributed by atoms with Crippen LogP contribution in [-0.2, 0) is 4.79 Å². The van der Waals surface area contributed by atoms with E-state index in [0.717, 1.165) is 17.8 Å². The van der Waals surface area contributed by atoms with Gasteiger partial charge >= 0.3 is 0 Å². The lowest BCUT2D eigenvalue weighted by molar-refractivity contribution is -0.120. The van der Waals surface area contributed by atoms with Crippen LogP contribution in [0.3, 0.4) is 0 Å². The summed E-state index contributed by atoms with van der Waals surface area (Å²) in [4.78, 5) is 14.2. The number of anilines is 2. The van der Waals surface area contributed by atoms with E-state index in [9.17, 15) is 4.79 Å². The highest BCUT2D eigenvalue weighted by atomic mass is 35.5. The summed E-state index contributed by atoms with van der Waals surface area (Å²) in [5.41, 5.74) is 7.23. The minimum atomic E-state index is -0.177. The van der Waals surface area contributed by atoms with E-state index in [-0.39, 0.29) is 11.8 Å². The van der Waals surface area contributed by atoms with Crippen molar-refractivity contribution in [3.8, 4) is 0 Å². The summed E-state index contributed by atoms with van der Waals surface area (Å²) in [6, 6.07) is 5.48. The molecule has 1 atom stereocenters. The first-order chi connectivity index (χ1) is 9.36. The number of amides is 1. The molecule has 0 aliphatic heterocycles. The molecular formula is C15H24ClN3O. The van der Waals surface area contributed by atoms with Crippen molar-refractivity contribution in [1.82, 2.24) is 0 Å². The summed E-state index contributed by atoms with van der Waals surface area (Å²) in [6.07, 6.45) is 0.778. The molecular weight excluding hydrogens is 274 g/mol. The minimum Gasteiger partial charge on any atom is -0.375 e. The molecule has 0 aromatic heterocycles. The van der Waals surface area contributed by atoms with E-state index in [1.165, 1.54) is 0 Å². The van der Waals surface area contributed by atoms with Crippen LogP contribution in [0.5, 0.6) is 0 Å². The second kappa shape index (κ2) is 7.50. The second-order valence-electron chi connectivity index (χ2n) is 5.58. The second-order valence-corrected chi connectivity index (χ2v) is 5.99. The predicted octanol–water partition coefficient (Wildman–Crippen LogP) is 2.97. The third-order valence-corrected chi connectivity index (χ3v) is 3.41. The molecule has 0 saturated carbocycles. The fourth-order valence-electron chi connectivity index (χ4n) is 2.18. The number of hydrogen-bond acceptors (Lipinski definition) is 3. The highest BCUT2D eigenvalue weighted by molar-refractivity contribution is 6.34. The van der Waals surface area contributed by atoms with Gasteiger partial charge in [0.1, 0.15) is 0 Å². The van der Waals surface area contributed by atoms with Crippen molar-refractivity contribution in [2.45, 2.75) is 20.3 Å². The van der Waals surface area contributed by atoms with Crippen molar-refractivity contribution in [1.29, 1.82) is 0 Å². The zero-order valence-electron chi connectivity index (χ0n) is 12.6. The number of carbonyl (C=O) groups excluding carboxylic acids is 1. The first-order valence-corrected chi connectivity index (χ1v) is 7.21. The molecule has 4 nitrogen and oxygen atoms in total. The Hall–Kier alpha value is -1.26. The molecule has 1 aromatic carbocycles. The highest BCUT2D eigenvalue weighted by Crippen LogP contribution is 2.32. The number of nitrogens with one attached hydrogen (secondary N) is 1. The smallest absolute Gasteiger partial charge is 0.228 e. The monoisotopic (exact) mass is 297 g/mol. The largest absolute Gasteiger partial charge is 0.375 e. The molecule has 0 fully saturated rings. The summed E-state index contributed by atoms with van der Waals surface area (Å²) >= 11 is 6.19. The van der Waals surface area contributed by atoms with E-state index in [1.54, 1.807) is 6.07 Å². The maximum absolute atomic E-state index is 12.3. The first-order valence-electron chi connectivity index (χ1n) is 6.83. The molecule has 5 heteroatoms. The van der Waals surface area contributed by atoms with Gasteiger partial charge in [-0.15, -0.1) is 0 Å². The van der Waals surface area contributed by atoms with Crippen LogP contribution in [0.4, 0.5) is 11.4 Å². The Morgan fingerprint density at radius 3 is 2.55 bits per heavy atom. The van der Waals surface area contributed by atoms with Gasteiger partial charge in [-0.05, 0) is 24.5 Å². The molecule has 0 heterocycles. The van der Waals surface area contributed by atoms with Crippen LogP contribution in [0.15, 0.2) is 18.2 Å². The Morgan fingerprint density at radius 1 is 1.40 bits per heavy atom. The minimum absolute atomic E-state index is 0.0495. The van der Waals surface area contributed by atoms with Crippen LogP contribution in [0, 0.1) is 11.8 Å². The van der Waals surface area contributed by atoms with Crippen molar-refractivity contribution in [3.05, 3.63) is 23.2 Å². The van der Waals surface area contributed by atoms with Gasteiger partial charge in [0.2, 0.25) is 5.91 Å². The molecule has 1 rings (SSSR count). The molecule has 0 radical (unpaired) electrons.